The van der Waals surface area contributed by atoms with Crippen molar-refractivity contribution in [3.8, 4) is 5.75 Å². The number of carbonyl (C=O) groups excluding carboxylic acids is 1. The maximum Gasteiger partial charge on any atom is 0.243 e. The Hall–Kier alpha value is -2.36. The number of hydrogen-bond acceptors (Lipinski definition) is 5. The van der Waals surface area contributed by atoms with Crippen LogP contribution in [-0.4, -0.2) is 45.4 Å². The zero-order chi connectivity index (χ0) is 21.7. The van der Waals surface area contributed by atoms with Crippen LogP contribution in [0.3, 0.4) is 0 Å². The average Bonchev–Trinajstić information content (AvgIpc) is 2.75. The number of hydrogen-bond donors (Lipinski definition) is 2. The highest BCUT2D eigenvalue weighted by atomic mass is 35.5. The summed E-state index contributed by atoms with van der Waals surface area (Å²) in [5.74, 6) is -0.585. The van der Waals surface area contributed by atoms with Gasteiger partial charge in [0.1, 0.15) is 11.6 Å². The molecule has 2 aromatic rings. The monoisotopic (exact) mass is 455 g/mol. The van der Waals surface area contributed by atoms with Crippen molar-refractivity contribution in [1.82, 2.24) is 4.31 Å². The Kier molecular flexibility index (Phi) is 7.17. The second-order valence-corrected chi connectivity index (χ2v) is 9.20. The van der Waals surface area contributed by atoms with Crippen LogP contribution >= 0.6 is 11.6 Å². The number of methoxy groups -OCH3 is 1. The summed E-state index contributed by atoms with van der Waals surface area (Å²) in [4.78, 5) is 12.4. The van der Waals surface area contributed by atoms with Crippen LogP contribution in [0.15, 0.2) is 41.3 Å². The highest BCUT2D eigenvalue weighted by Crippen LogP contribution is 2.30. The molecule has 1 aliphatic rings. The van der Waals surface area contributed by atoms with E-state index in [-0.39, 0.29) is 16.5 Å². The molecule has 10 heteroatoms. The molecule has 30 heavy (non-hydrogen) atoms. The molecule has 1 aliphatic heterocycles. The normalized spacial score (nSPS) is 14.9. The minimum Gasteiger partial charge on any atom is -0.495 e. The fraction of sp³-hybridized carbons (Fsp3) is 0.350. The number of halogens is 2. The second kappa shape index (κ2) is 9.63. The van der Waals surface area contributed by atoms with Crippen molar-refractivity contribution in [2.45, 2.75) is 24.2 Å². The SMILES string of the molecule is COc1ccc(S(=O)(=O)N2CCCCC2)cc1NCC(=O)Nc1ccc(F)c(Cl)c1. The van der Waals surface area contributed by atoms with Gasteiger partial charge >= 0.3 is 0 Å². The first-order valence-corrected chi connectivity index (χ1v) is 11.3. The lowest BCUT2D eigenvalue weighted by atomic mass is 10.2. The van der Waals surface area contributed by atoms with Crippen LogP contribution < -0.4 is 15.4 Å². The van der Waals surface area contributed by atoms with E-state index in [0.717, 1.165) is 25.3 Å². The minimum atomic E-state index is -3.62. The molecule has 0 unspecified atom stereocenters. The Morgan fingerprint density at radius 3 is 2.57 bits per heavy atom. The first-order chi connectivity index (χ1) is 14.3. The number of ether oxygens (including phenoxy) is 1. The summed E-state index contributed by atoms with van der Waals surface area (Å²) in [7, 11) is -2.16. The molecule has 2 aromatic carbocycles. The van der Waals surface area contributed by atoms with Gasteiger partial charge in [0.05, 0.1) is 29.3 Å². The molecule has 0 radical (unpaired) electrons. The molecule has 162 valence electrons. The fourth-order valence-electron chi connectivity index (χ4n) is 3.19. The highest BCUT2D eigenvalue weighted by Gasteiger charge is 2.26. The number of sulfonamides is 1. The molecular weight excluding hydrogens is 433 g/mol. The molecule has 0 aromatic heterocycles. The number of nitrogens with one attached hydrogen (secondary N) is 2. The molecule has 1 heterocycles. The van der Waals surface area contributed by atoms with E-state index in [1.807, 2.05) is 0 Å². The second-order valence-electron chi connectivity index (χ2n) is 6.86. The highest BCUT2D eigenvalue weighted by molar-refractivity contribution is 7.89. The molecule has 0 saturated carbocycles. The van der Waals surface area contributed by atoms with E-state index in [1.54, 1.807) is 6.07 Å². The third kappa shape index (κ3) is 5.21. The van der Waals surface area contributed by atoms with Crippen LogP contribution in [0.5, 0.6) is 5.75 Å². The van der Waals surface area contributed by atoms with E-state index in [2.05, 4.69) is 10.6 Å². The van der Waals surface area contributed by atoms with Crippen LogP contribution in [0.1, 0.15) is 19.3 Å². The molecule has 1 amide bonds. The van der Waals surface area contributed by atoms with Crippen molar-refractivity contribution in [2.24, 2.45) is 0 Å². The Morgan fingerprint density at radius 2 is 1.90 bits per heavy atom. The molecule has 7 nitrogen and oxygen atoms in total. The van der Waals surface area contributed by atoms with E-state index in [4.69, 9.17) is 16.3 Å². The summed E-state index contributed by atoms with van der Waals surface area (Å²) in [5.41, 5.74) is 0.726. The molecule has 1 fully saturated rings. The summed E-state index contributed by atoms with van der Waals surface area (Å²) in [5, 5.41) is 5.39. The topological polar surface area (TPSA) is 87.7 Å². The summed E-state index contributed by atoms with van der Waals surface area (Å²) in [6.07, 6.45) is 2.71. The summed E-state index contributed by atoms with van der Waals surface area (Å²) in [6.45, 7) is 0.845. The number of amides is 1. The van der Waals surface area contributed by atoms with Crippen LogP contribution in [0.25, 0.3) is 0 Å². The summed E-state index contributed by atoms with van der Waals surface area (Å²) < 4.78 is 45.8. The van der Waals surface area contributed by atoms with Gasteiger partial charge in [0.15, 0.2) is 0 Å². The summed E-state index contributed by atoms with van der Waals surface area (Å²) >= 11 is 5.71. The maximum absolute atomic E-state index is 13.2. The lowest BCUT2D eigenvalue weighted by Gasteiger charge is -2.26. The van der Waals surface area contributed by atoms with Crippen molar-refractivity contribution in [2.75, 3.05) is 37.4 Å². The zero-order valence-corrected chi connectivity index (χ0v) is 18.0. The number of benzene rings is 2. The van der Waals surface area contributed by atoms with Crippen LogP contribution in [0.4, 0.5) is 15.8 Å². The van der Waals surface area contributed by atoms with Gasteiger partial charge in [-0.2, -0.15) is 4.31 Å². The van der Waals surface area contributed by atoms with Crippen molar-refractivity contribution < 1.29 is 22.3 Å². The van der Waals surface area contributed by atoms with Gasteiger partial charge in [-0.1, -0.05) is 18.0 Å². The van der Waals surface area contributed by atoms with E-state index < -0.39 is 21.7 Å². The lowest BCUT2D eigenvalue weighted by molar-refractivity contribution is -0.114. The van der Waals surface area contributed by atoms with Crippen molar-refractivity contribution >= 4 is 38.9 Å². The van der Waals surface area contributed by atoms with Gasteiger partial charge in [-0.3, -0.25) is 4.79 Å². The Labute approximate surface area is 180 Å². The molecule has 1 saturated heterocycles. The largest absolute Gasteiger partial charge is 0.495 e. The molecule has 0 aliphatic carbocycles. The zero-order valence-electron chi connectivity index (χ0n) is 16.5. The smallest absolute Gasteiger partial charge is 0.243 e. The van der Waals surface area contributed by atoms with E-state index >= 15 is 0 Å². The minimum absolute atomic E-state index is 0.0990. The molecule has 2 N–H and O–H groups in total. The van der Waals surface area contributed by atoms with E-state index in [0.29, 0.717) is 30.2 Å². The van der Waals surface area contributed by atoms with E-state index in [9.17, 15) is 17.6 Å². The average molecular weight is 456 g/mol. The van der Waals surface area contributed by atoms with Crippen LogP contribution in [0, 0.1) is 5.82 Å². The number of anilines is 2. The van der Waals surface area contributed by atoms with Crippen LogP contribution in [-0.2, 0) is 14.8 Å². The first kappa shape index (κ1) is 22.3. The predicted octanol–water partition coefficient (Wildman–Crippen LogP) is 3.71. The molecular formula is C20H23ClFN3O4S. The quantitative estimate of drug-likeness (QED) is 0.664. The van der Waals surface area contributed by atoms with Gasteiger partial charge in [-0.15, -0.1) is 0 Å². The Morgan fingerprint density at radius 1 is 1.17 bits per heavy atom. The number of carbonyl (C=O) groups is 1. The van der Waals surface area contributed by atoms with Gasteiger partial charge in [-0.25, -0.2) is 12.8 Å². The molecule has 0 atom stereocenters. The third-order valence-electron chi connectivity index (χ3n) is 4.77. The Bertz CT molecular complexity index is 1030. The first-order valence-electron chi connectivity index (χ1n) is 9.48. The van der Waals surface area contributed by atoms with Gasteiger partial charge in [0, 0.05) is 18.8 Å². The van der Waals surface area contributed by atoms with Gasteiger partial charge in [0.25, 0.3) is 0 Å². The van der Waals surface area contributed by atoms with Crippen molar-refractivity contribution in [1.29, 1.82) is 0 Å². The molecule has 0 bridgehead atoms. The molecule has 0 spiro atoms. The summed E-state index contributed by atoms with van der Waals surface area (Å²) in [6, 6.07) is 8.37. The number of rotatable bonds is 7. The van der Waals surface area contributed by atoms with E-state index in [1.165, 1.54) is 35.7 Å². The fourth-order valence-corrected chi connectivity index (χ4v) is 4.92. The Balaban J connectivity index is 1.72. The molecule has 3 rings (SSSR count). The predicted molar refractivity (Wildman–Crippen MR) is 114 cm³/mol. The standard InChI is InChI=1S/C20H23ClFN3O4S/c1-29-19-8-6-15(30(27,28)25-9-3-2-4-10-25)12-18(19)23-13-20(26)24-14-5-7-17(22)16(21)11-14/h5-8,11-12,23H,2-4,9-10,13H2,1H3,(H,24,26). The van der Waals surface area contributed by atoms with Crippen LogP contribution in [0.2, 0.25) is 5.02 Å². The number of nitrogens with zero attached hydrogens (tertiary/aromatic N) is 1. The van der Waals surface area contributed by atoms with Gasteiger partial charge in [-0.05, 0) is 49.2 Å². The third-order valence-corrected chi connectivity index (χ3v) is 6.95. The van der Waals surface area contributed by atoms with Crippen molar-refractivity contribution in [3.05, 3.63) is 47.2 Å². The lowest BCUT2D eigenvalue weighted by Crippen LogP contribution is -2.35. The van der Waals surface area contributed by atoms with Gasteiger partial charge in [0.2, 0.25) is 15.9 Å². The van der Waals surface area contributed by atoms with Crippen molar-refractivity contribution in [3.63, 3.8) is 0 Å². The van der Waals surface area contributed by atoms with Gasteiger partial charge < -0.3 is 15.4 Å². The maximum atomic E-state index is 13.2. The number of piperidine rings is 1.